The van der Waals surface area contributed by atoms with Gasteiger partial charge in [-0.1, -0.05) is 6.92 Å². The first-order chi connectivity index (χ1) is 13.3. The van der Waals surface area contributed by atoms with E-state index in [1.807, 2.05) is 0 Å². The number of non-ortho nitro benzene ring substituents is 1. The van der Waals surface area contributed by atoms with E-state index in [-0.39, 0.29) is 42.8 Å². The van der Waals surface area contributed by atoms with Crippen molar-refractivity contribution in [3.63, 3.8) is 0 Å². The van der Waals surface area contributed by atoms with Gasteiger partial charge in [-0.05, 0) is 43.7 Å². The molecule has 1 aliphatic rings. The first kappa shape index (κ1) is 21.3. The highest BCUT2D eigenvalue weighted by Crippen LogP contribution is 2.23. The van der Waals surface area contributed by atoms with Crippen molar-refractivity contribution in [1.82, 2.24) is 10.6 Å². The summed E-state index contributed by atoms with van der Waals surface area (Å²) in [5, 5.41) is 16.0. The third kappa shape index (κ3) is 6.98. The zero-order valence-electron chi connectivity index (χ0n) is 15.8. The SMILES string of the molecule is CC1CCC(NC(=O)COC(=O)CCNC(=O)c2ccc([N+](=O)[O-])cc2)CC1. The van der Waals surface area contributed by atoms with E-state index in [1.54, 1.807) is 0 Å². The molecule has 2 amide bonds. The minimum Gasteiger partial charge on any atom is -0.456 e. The molecule has 9 heteroatoms. The number of nitrogens with zero attached hydrogens (tertiary/aromatic N) is 1. The first-order valence-corrected chi connectivity index (χ1v) is 9.32. The van der Waals surface area contributed by atoms with Gasteiger partial charge in [-0.2, -0.15) is 0 Å². The Morgan fingerprint density at radius 3 is 2.39 bits per heavy atom. The number of hydrogen-bond donors (Lipinski definition) is 2. The van der Waals surface area contributed by atoms with Crippen molar-refractivity contribution in [2.24, 2.45) is 5.92 Å². The zero-order chi connectivity index (χ0) is 20.5. The van der Waals surface area contributed by atoms with Crippen molar-refractivity contribution < 1.29 is 24.0 Å². The third-order valence-corrected chi connectivity index (χ3v) is 4.70. The number of esters is 1. The van der Waals surface area contributed by atoms with Crippen LogP contribution in [0.25, 0.3) is 0 Å². The molecule has 9 nitrogen and oxygen atoms in total. The van der Waals surface area contributed by atoms with Crippen LogP contribution in [0.1, 0.15) is 49.4 Å². The van der Waals surface area contributed by atoms with Gasteiger partial charge in [-0.25, -0.2) is 0 Å². The molecule has 0 saturated heterocycles. The van der Waals surface area contributed by atoms with Crippen LogP contribution in [0.5, 0.6) is 0 Å². The molecule has 0 unspecified atom stereocenters. The minimum absolute atomic E-state index is 0.0385. The Morgan fingerprint density at radius 1 is 1.14 bits per heavy atom. The molecule has 1 aromatic rings. The van der Waals surface area contributed by atoms with E-state index in [0.717, 1.165) is 25.7 Å². The van der Waals surface area contributed by atoms with Crippen molar-refractivity contribution in [1.29, 1.82) is 0 Å². The van der Waals surface area contributed by atoms with Crippen LogP contribution < -0.4 is 10.6 Å². The first-order valence-electron chi connectivity index (χ1n) is 9.32. The van der Waals surface area contributed by atoms with Gasteiger partial charge >= 0.3 is 5.97 Å². The van der Waals surface area contributed by atoms with Crippen molar-refractivity contribution in [3.05, 3.63) is 39.9 Å². The lowest BCUT2D eigenvalue weighted by molar-refractivity contribution is -0.384. The molecule has 2 rings (SSSR count). The molecule has 0 aliphatic heterocycles. The summed E-state index contributed by atoms with van der Waals surface area (Å²) in [5.74, 6) is -0.668. The number of amides is 2. The van der Waals surface area contributed by atoms with Gasteiger partial charge in [0.1, 0.15) is 0 Å². The molecule has 1 fully saturated rings. The summed E-state index contributed by atoms with van der Waals surface area (Å²) in [7, 11) is 0. The van der Waals surface area contributed by atoms with Gasteiger partial charge in [0.15, 0.2) is 6.61 Å². The average molecular weight is 391 g/mol. The van der Waals surface area contributed by atoms with Crippen LogP contribution in [-0.2, 0) is 14.3 Å². The summed E-state index contributed by atoms with van der Waals surface area (Å²) in [6.07, 6.45) is 3.97. The largest absolute Gasteiger partial charge is 0.456 e. The lowest BCUT2D eigenvalue weighted by atomic mass is 9.87. The highest BCUT2D eigenvalue weighted by molar-refractivity contribution is 5.94. The van der Waals surface area contributed by atoms with Crippen LogP contribution in [0.3, 0.4) is 0 Å². The Bertz CT molecular complexity index is 711. The van der Waals surface area contributed by atoms with E-state index >= 15 is 0 Å². The van der Waals surface area contributed by atoms with Gasteiger partial charge < -0.3 is 15.4 Å². The quantitative estimate of drug-likeness (QED) is 0.396. The van der Waals surface area contributed by atoms with Gasteiger partial charge in [-0.15, -0.1) is 0 Å². The topological polar surface area (TPSA) is 128 Å². The van der Waals surface area contributed by atoms with E-state index in [1.165, 1.54) is 24.3 Å². The van der Waals surface area contributed by atoms with Crippen molar-refractivity contribution in [2.75, 3.05) is 13.2 Å². The maximum absolute atomic E-state index is 11.9. The lowest BCUT2D eigenvalue weighted by Gasteiger charge is -2.26. The van der Waals surface area contributed by atoms with Crippen molar-refractivity contribution >= 4 is 23.5 Å². The number of carbonyl (C=O) groups excluding carboxylic acids is 3. The number of nitrogens with one attached hydrogen (secondary N) is 2. The molecule has 1 saturated carbocycles. The summed E-state index contributed by atoms with van der Waals surface area (Å²) in [6.45, 7) is 1.90. The van der Waals surface area contributed by atoms with Gasteiger partial charge in [0.2, 0.25) is 0 Å². The van der Waals surface area contributed by atoms with E-state index in [4.69, 9.17) is 4.74 Å². The maximum Gasteiger partial charge on any atom is 0.308 e. The van der Waals surface area contributed by atoms with Gasteiger partial charge in [0.25, 0.3) is 17.5 Å². The molecular weight excluding hydrogens is 366 g/mol. The van der Waals surface area contributed by atoms with Crippen LogP contribution in [0, 0.1) is 16.0 Å². The molecule has 1 aromatic carbocycles. The Morgan fingerprint density at radius 2 is 1.79 bits per heavy atom. The minimum atomic E-state index is -0.587. The summed E-state index contributed by atoms with van der Waals surface area (Å²) < 4.78 is 4.92. The van der Waals surface area contributed by atoms with Crippen LogP contribution in [-0.4, -0.2) is 41.9 Å². The highest BCUT2D eigenvalue weighted by Gasteiger charge is 2.20. The van der Waals surface area contributed by atoms with Crippen LogP contribution in [0.15, 0.2) is 24.3 Å². The normalized spacial score (nSPS) is 18.8. The van der Waals surface area contributed by atoms with Crippen molar-refractivity contribution in [3.8, 4) is 0 Å². The lowest BCUT2D eigenvalue weighted by Crippen LogP contribution is -2.39. The molecule has 0 atom stereocenters. The molecule has 0 radical (unpaired) electrons. The molecule has 2 N–H and O–H groups in total. The number of nitro benzene ring substituents is 1. The predicted octanol–water partition coefficient (Wildman–Crippen LogP) is 1.95. The number of rotatable bonds is 8. The number of hydrogen-bond acceptors (Lipinski definition) is 6. The highest BCUT2D eigenvalue weighted by atomic mass is 16.6. The summed E-state index contributed by atoms with van der Waals surface area (Å²) in [5.41, 5.74) is 0.140. The third-order valence-electron chi connectivity index (χ3n) is 4.70. The van der Waals surface area contributed by atoms with Crippen LogP contribution in [0.2, 0.25) is 0 Å². The molecule has 0 bridgehead atoms. The van der Waals surface area contributed by atoms with E-state index in [2.05, 4.69) is 17.6 Å². The summed E-state index contributed by atoms with van der Waals surface area (Å²) in [4.78, 5) is 45.5. The molecule has 152 valence electrons. The molecular formula is C19H25N3O6. The fourth-order valence-electron chi connectivity index (χ4n) is 3.01. The molecule has 0 heterocycles. The van der Waals surface area contributed by atoms with Crippen molar-refractivity contribution in [2.45, 2.75) is 45.1 Å². The Hall–Kier alpha value is -2.97. The molecule has 1 aliphatic carbocycles. The summed E-state index contributed by atoms with van der Waals surface area (Å²) in [6, 6.07) is 5.27. The van der Waals surface area contributed by atoms with E-state index < -0.39 is 16.8 Å². The number of ether oxygens (including phenoxy) is 1. The zero-order valence-corrected chi connectivity index (χ0v) is 15.8. The second-order valence-electron chi connectivity index (χ2n) is 6.99. The number of carbonyl (C=O) groups is 3. The molecule has 0 spiro atoms. The smallest absolute Gasteiger partial charge is 0.308 e. The van der Waals surface area contributed by atoms with Gasteiger partial charge in [-0.3, -0.25) is 24.5 Å². The predicted molar refractivity (Wildman–Crippen MR) is 101 cm³/mol. The number of benzene rings is 1. The Labute approximate surface area is 163 Å². The fraction of sp³-hybridized carbons (Fsp3) is 0.526. The Balaban J connectivity index is 1.62. The number of nitro groups is 1. The van der Waals surface area contributed by atoms with Gasteiger partial charge in [0, 0.05) is 30.3 Å². The standard InChI is InChI=1S/C19H25N3O6/c1-13-2-6-15(7-3-13)21-17(23)12-28-18(24)10-11-20-19(25)14-4-8-16(9-5-14)22(26)27/h4-5,8-9,13,15H,2-3,6-7,10-12H2,1H3,(H,20,25)(H,21,23). The van der Waals surface area contributed by atoms with Gasteiger partial charge in [0.05, 0.1) is 11.3 Å². The Kier molecular flexibility index (Phi) is 7.91. The average Bonchev–Trinajstić information content (AvgIpc) is 2.68. The second-order valence-corrected chi connectivity index (χ2v) is 6.99. The molecule has 28 heavy (non-hydrogen) atoms. The van der Waals surface area contributed by atoms with Crippen LogP contribution in [0.4, 0.5) is 5.69 Å². The monoisotopic (exact) mass is 391 g/mol. The maximum atomic E-state index is 11.9. The summed E-state index contributed by atoms with van der Waals surface area (Å²) >= 11 is 0. The second kappa shape index (κ2) is 10.4. The molecule has 0 aromatic heterocycles. The van der Waals surface area contributed by atoms with E-state index in [9.17, 15) is 24.5 Å². The van der Waals surface area contributed by atoms with E-state index in [0.29, 0.717) is 5.92 Å². The fourth-order valence-corrected chi connectivity index (χ4v) is 3.01. The van der Waals surface area contributed by atoms with Crippen LogP contribution >= 0.6 is 0 Å².